The Labute approximate surface area is 144 Å². The summed E-state index contributed by atoms with van der Waals surface area (Å²) in [6, 6.07) is 15.6. The third kappa shape index (κ3) is 2.19. The SMILES string of the molecule is O=c1c2ccccc2nc2c3ccccc3c(N3CCCCC3)nn12. The van der Waals surface area contributed by atoms with Gasteiger partial charge in [-0.2, -0.15) is 4.52 Å². The van der Waals surface area contributed by atoms with Crippen LogP contribution in [0.15, 0.2) is 53.3 Å². The maximum atomic E-state index is 13.0. The minimum atomic E-state index is -0.107. The summed E-state index contributed by atoms with van der Waals surface area (Å²) in [5.41, 5.74) is 1.23. The lowest BCUT2D eigenvalue weighted by atomic mass is 10.1. The molecule has 124 valence electrons. The lowest BCUT2D eigenvalue weighted by Crippen LogP contribution is -2.32. The molecule has 5 heteroatoms. The number of benzene rings is 2. The van der Waals surface area contributed by atoms with Gasteiger partial charge >= 0.3 is 0 Å². The van der Waals surface area contributed by atoms with E-state index in [1.165, 1.54) is 23.8 Å². The third-order valence-electron chi connectivity index (χ3n) is 5.01. The zero-order valence-electron chi connectivity index (χ0n) is 13.9. The van der Waals surface area contributed by atoms with E-state index in [-0.39, 0.29) is 5.56 Å². The Bertz CT molecular complexity index is 1160. The monoisotopic (exact) mass is 330 g/mol. The fourth-order valence-corrected chi connectivity index (χ4v) is 3.75. The van der Waals surface area contributed by atoms with Gasteiger partial charge in [0.1, 0.15) is 0 Å². The molecule has 5 nitrogen and oxygen atoms in total. The van der Waals surface area contributed by atoms with Crippen molar-refractivity contribution < 1.29 is 0 Å². The average molecular weight is 330 g/mol. The molecule has 1 aliphatic heterocycles. The number of hydrogen-bond donors (Lipinski definition) is 0. The number of anilines is 1. The summed E-state index contributed by atoms with van der Waals surface area (Å²) in [6.07, 6.45) is 3.59. The van der Waals surface area contributed by atoms with Gasteiger partial charge in [-0.25, -0.2) is 4.98 Å². The Hall–Kier alpha value is -2.95. The molecule has 0 atom stereocenters. The minimum Gasteiger partial charge on any atom is -0.355 e. The van der Waals surface area contributed by atoms with E-state index in [1.807, 2.05) is 42.5 Å². The molecule has 5 rings (SSSR count). The van der Waals surface area contributed by atoms with Crippen LogP contribution in [0.2, 0.25) is 0 Å². The van der Waals surface area contributed by atoms with E-state index in [4.69, 9.17) is 10.1 Å². The molecular formula is C20H18N4O. The van der Waals surface area contributed by atoms with Crippen molar-refractivity contribution in [2.24, 2.45) is 0 Å². The molecule has 0 bridgehead atoms. The molecule has 0 spiro atoms. The Morgan fingerprint density at radius 1 is 0.800 bits per heavy atom. The highest BCUT2D eigenvalue weighted by atomic mass is 16.1. The van der Waals surface area contributed by atoms with E-state index < -0.39 is 0 Å². The normalized spacial score (nSPS) is 15.3. The fourth-order valence-electron chi connectivity index (χ4n) is 3.75. The van der Waals surface area contributed by atoms with Crippen molar-refractivity contribution in [2.75, 3.05) is 18.0 Å². The van der Waals surface area contributed by atoms with Crippen molar-refractivity contribution in [3.8, 4) is 0 Å². The summed E-state index contributed by atoms with van der Waals surface area (Å²) in [6.45, 7) is 1.97. The third-order valence-corrected chi connectivity index (χ3v) is 5.01. The van der Waals surface area contributed by atoms with Gasteiger partial charge in [-0.3, -0.25) is 4.79 Å². The van der Waals surface area contributed by atoms with E-state index in [0.29, 0.717) is 16.6 Å². The smallest absolute Gasteiger partial charge is 0.282 e. The molecule has 0 amide bonds. The predicted octanol–water partition coefficient (Wildman–Crippen LogP) is 3.39. The fraction of sp³-hybridized carbons (Fsp3) is 0.250. The van der Waals surface area contributed by atoms with Crippen LogP contribution in [0.25, 0.3) is 27.3 Å². The van der Waals surface area contributed by atoms with Gasteiger partial charge in [-0.1, -0.05) is 36.4 Å². The van der Waals surface area contributed by atoms with Crippen LogP contribution in [-0.2, 0) is 0 Å². The van der Waals surface area contributed by atoms with Crippen molar-refractivity contribution in [1.82, 2.24) is 14.6 Å². The number of para-hydroxylation sites is 1. The largest absolute Gasteiger partial charge is 0.355 e. The van der Waals surface area contributed by atoms with Crippen LogP contribution in [0.3, 0.4) is 0 Å². The second kappa shape index (κ2) is 5.55. The predicted molar refractivity (Wildman–Crippen MR) is 100 cm³/mol. The van der Waals surface area contributed by atoms with Gasteiger partial charge < -0.3 is 4.90 Å². The van der Waals surface area contributed by atoms with Crippen LogP contribution < -0.4 is 10.5 Å². The van der Waals surface area contributed by atoms with Crippen LogP contribution in [0.4, 0.5) is 5.82 Å². The molecule has 0 saturated carbocycles. The molecule has 25 heavy (non-hydrogen) atoms. The van der Waals surface area contributed by atoms with Crippen LogP contribution in [0.1, 0.15) is 19.3 Å². The van der Waals surface area contributed by atoms with E-state index >= 15 is 0 Å². The van der Waals surface area contributed by atoms with Gasteiger partial charge in [0.15, 0.2) is 11.5 Å². The first-order chi connectivity index (χ1) is 12.3. The average Bonchev–Trinajstić information content (AvgIpc) is 2.68. The molecular weight excluding hydrogens is 312 g/mol. The summed E-state index contributed by atoms with van der Waals surface area (Å²) >= 11 is 0. The van der Waals surface area contributed by atoms with E-state index in [1.54, 1.807) is 0 Å². The van der Waals surface area contributed by atoms with Gasteiger partial charge in [-0.15, -0.1) is 5.10 Å². The van der Waals surface area contributed by atoms with Crippen molar-refractivity contribution in [3.63, 3.8) is 0 Å². The second-order valence-electron chi connectivity index (χ2n) is 6.59. The zero-order chi connectivity index (χ0) is 16.8. The Balaban J connectivity index is 1.92. The summed E-state index contributed by atoms with van der Waals surface area (Å²) in [7, 11) is 0. The highest BCUT2D eigenvalue weighted by molar-refractivity contribution is 6.01. The summed E-state index contributed by atoms with van der Waals surface area (Å²) in [5.74, 6) is 0.891. The molecule has 1 fully saturated rings. The van der Waals surface area contributed by atoms with Gasteiger partial charge in [0.05, 0.1) is 10.9 Å². The number of hydrogen-bond acceptors (Lipinski definition) is 4. The lowest BCUT2D eigenvalue weighted by molar-refractivity contribution is 0.571. The Morgan fingerprint density at radius 2 is 1.48 bits per heavy atom. The number of piperidine rings is 1. The van der Waals surface area contributed by atoms with E-state index in [9.17, 15) is 4.79 Å². The number of nitrogens with zero attached hydrogens (tertiary/aromatic N) is 4. The van der Waals surface area contributed by atoms with Crippen molar-refractivity contribution in [3.05, 3.63) is 58.9 Å². The highest BCUT2D eigenvalue weighted by Crippen LogP contribution is 2.28. The molecule has 1 saturated heterocycles. The topological polar surface area (TPSA) is 50.5 Å². The molecule has 4 aromatic rings. The minimum absolute atomic E-state index is 0.107. The first-order valence-electron chi connectivity index (χ1n) is 8.78. The molecule has 0 unspecified atom stereocenters. The van der Waals surface area contributed by atoms with Crippen LogP contribution in [-0.4, -0.2) is 27.7 Å². The Morgan fingerprint density at radius 3 is 2.28 bits per heavy atom. The summed E-state index contributed by atoms with van der Waals surface area (Å²) < 4.78 is 1.48. The molecule has 1 aliphatic rings. The van der Waals surface area contributed by atoms with Gasteiger partial charge in [0, 0.05) is 23.9 Å². The van der Waals surface area contributed by atoms with Gasteiger partial charge in [0.2, 0.25) is 0 Å². The number of aromatic nitrogens is 3. The number of rotatable bonds is 1. The highest BCUT2D eigenvalue weighted by Gasteiger charge is 2.19. The molecule has 0 N–H and O–H groups in total. The second-order valence-corrected chi connectivity index (χ2v) is 6.59. The molecule has 0 radical (unpaired) electrons. The summed E-state index contributed by atoms with van der Waals surface area (Å²) in [5, 5.41) is 7.38. The lowest BCUT2D eigenvalue weighted by Gasteiger charge is -2.28. The van der Waals surface area contributed by atoms with Gasteiger partial charge in [0.25, 0.3) is 5.56 Å². The van der Waals surface area contributed by atoms with E-state index in [2.05, 4.69) is 11.0 Å². The van der Waals surface area contributed by atoms with Crippen molar-refractivity contribution >= 4 is 33.1 Å². The maximum Gasteiger partial charge on any atom is 0.282 e. The van der Waals surface area contributed by atoms with Crippen molar-refractivity contribution in [1.29, 1.82) is 0 Å². The number of fused-ring (bicyclic) bond motifs is 4. The molecule has 2 aromatic heterocycles. The van der Waals surface area contributed by atoms with Crippen molar-refractivity contribution in [2.45, 2.75) is 19.3 Å². The molecule has 2 aromatic carbocycles. The van der Waals surface area contributed by atoms with Crippen LogP contribution in [0.5, 0.6) is 0 Å². The maximum absolute atomic E-state index is 13.0. The first kappa shape index (κ1) is 14.4. The first-order valence-corrected chi connectivity index (χ1v) is 8.78. The Kier molecular flexibility index (Phi) is 3.20. The quantitative estimate of drug-likeness (QED) is 0.396. The molecule has 0 aliphatic carbocycles. The molecule has 3 heterocycles. The standard InChI is InChI=1S/C20H18N4O/c25-20-16-10-4-5-11-17(16)21-18-14-8-2-3-9-15(14)19(22-24(18)20)23-12-6-1-7-13-23/h2-5,8-11H,1,6-7,12-13H2. The van der Waals surface area contributed by atoms with E-state index in [0.717, 1.165) is 29.7 Å². The van der Waals surface area contributed by atoms with Crippen LogP contribution in [0, 0.1) is 0 Å². The van der Waals surface area contributed by atoms with Crippen LogP contribution >= 0.6 is 0 Å². The van der Waals surface area contributed by atoms with Gasteiger partial charge in [-0.05, 0) is 31.4 Å². The zero-order valence-corrected chi connectivity index (χ0v) is 13.9. The summed E-state index contributed by atoms with van der Waals surface area (Å²) in [4.78, 5) is 20.0.